The Bertz CT molecular complexity index is 748. The van der Waals surface area contributed by atoms with Gasteiger partial charge in [-0.1, -0.05) is 12.1 Å². The van der Waals surface area contributed by atoms with E-state index in [1.165, 1.54) is 19.2 Å². The third-order valence-electron chi connectivity index (χ3n) is 2.85. The molecule has 2 aromatic rings. The molecule has 0 fully saturated rings. The van der Waals surface area contributed by atoms with Crippen LogP contribution in [0.1, 0.15) is 5.56 Å². The first-order valence-electron chi connectivity index (χ1n) is 6.10. The van der Waals surface area contributed by atoms with Crippen molar-refractivity contribution < 1.29 is 17.5 Å². The number of nitrogens with one attached hydrogen (secondary N) is 1. The molecule has 0 saturated heterocycles. The molecule has 0 saturated carbocycles. The van der Waals surface area contributed by atoms with Crippen LogP contribution in [0.15, 0.2) is 47.4 Å². The van der Waals surface area contributed by atoms with Gasteiger partial charge in [0.25, 0.3) is 0 Å². The van der Waals surface area contributed by atoms with Gasteiger partial charge < -0.3 is 10.5 Å². The third-order valence-corrected chi connectivity index (χ3v) is 4.25. The van der Waals surface area contributed by atoms with Gasteiger partial charge >= 0.3 is 0 Å². The van der Waals surface area contributed by atoms with Crippen LogP contribution in [0.5, 0.6) is 5.75 Å². The maximum Gasteiger partial charge on any atom is 0.240 e. The predicted molar refractivity (Wildman–Crippen MR) is 77.8 cm³/mol. The van der Waals surface area contributed by atoms with Crippen molar-refractivity contribution in [2.24, 2.45) is 0 Å². The Labute approximate surface area is 122 Å². The van der Waals surface area contributed by atoms with Crippen molar-refractivity contribution >= 4 is 15.7 Å². The molecule has 0 aromatic heterocycles. The van der Waals surface area contributed by atoms with Crippen LogP contribution in [-0.4, -0.2) is 15.5 Å². The van der Waals surface area contributed by atoms with Crippen molar-refractivity contribution in [3.8, 4) is 5.75 Å². The number of halogens is 1. The number of hydrogen-bond acceptors (Lipinski definition) is 4. The number of nitrogens with two attached hydrogens (primary N) is 1. The fraction of sp³-hybridized carbons (Fsp3) is 0.143. The highest BCUT2D eigenvalue weighted by Gasteiger charge is 2.16. The molecule has 3 N–H and O–H groups in total. The Morgan fingerprint density at radius 1 is 1.24 bits per heavy atom. The topological polar surface area (TPSA) is 81.4 Å². The van der Waals surface area contributed by atoms with Crippen LogP contribution in [0.25, 0.3) is 0 Å². The summed E-state index contributed by atoms with van der Waals surface area (Å²) in [6.45, 7) is 0.0705. The van der Waals surface area contributed by atoms with Gasteiger partial charge in [0, 0.05) is 12.2 Å². The highest BCUT2D eigenvalue weighted by atomic mass is 32.2. The summed E-state index contributed by atoms with van der Waals surface area (Å²) < 4.78 is 44.9. The molecule has 0 atom stereocenters. The molecule has 0 aliphatic heterocycles. The van der Waals surface area contributed by atoms with Crippen LogP contribution < -0.4 is 15.2 Å². The quantitative estimate of drug-likeness (QED) is 0.826. The zero-order valence-electron chi connectivity index (χ0n) is 11.3. The first-order valence-corrected chi connectivity index (χ1v) is 7.58. The number of rotatable bonds is 5. The first kappa shape index (κ1) is 15.3. The van der Waals surface area contributed by atoms with Crippen molar-refractivity contribution in [3.63, 3.8) is 0 Å². The maximum absolute atomic E-state index is 13.6. The normalized spacial score (nSPS) is 11.3. The van der Waals surface area contributed by atoms with Crippen LogP contribution in [-0.2, 0) is 16.6 Å². The minimum absolute atomic E-state index is 0.00946. The first-order chi connectivity index (χ1) is 9.92. The molecule has 2 aromatic carbocycles. The Hall–Kier alpha value is -2.12. The van der Waals surface area contributed by atoms with E-state index in [1.807, 2.05) is 0 Å². The van der Waals surface area contributed by atoms with E-state index in [2.05, 4.69) is 4.72 Å². The highest BCUT2D eigenvalue weighted by molar-refractivity contribution is 7.89. The van der Waals surface area contributed by atoms with Gasteiger partial charge in [-0.2, -0.15) is 0 Å². The number of benzene rings is 2. The average Bonchev–Trinajstić information content (AvgIpc) is 2.45. The lowest BCUT2D eigenvalue weighted by molar-refractivity contribution is 0.385. The third kappa shape index (κ3) is 3.71. The zero-order valence-corrected chi connectivity index (χ0v) is 12.2. The molecule has 0 unspecified atom stereocenters. The number of anilines is 1. The molecule has 0 aliphatic carbocycles. The Balaban J connectivity index is 2.17. The number of nitrogen functional groups attached to an aromatic ring is 1. The Morgan fingerprint density at radius 3 is 2.62 bits per heavy atom. The molecule has 2 rings (SSSR count). The fourth-order valence-corrected chi connectivity index (χ4v) is 2.81. The number of methoxy groups -OCH3 is 1. The summed E-state index contributed by atoms with van der Waals surface area (Å²) in [5.74, 6) is -0.742. The molecule has 0 heterocycles. The molecule has 0 spiro atoms. The van der Waals surface area contributed by atoms with E-state index in [-0.39, 0.29) is 17.2 Å². The second kappa shape index (κ2) is 6.11. The monoisotopic (exact) mass is 310 g/mol. The molecule has 21 heavy (non-hydrogen) atoms. The van der Waals surface area contributed by atoms with Gasteiger partial charge in [-0.05, 0) is 35.9 Å². The minimum Gasteiger partial charge on any atom is -0.494 e. The molecule has 0 radical (unpaired) electrons. The van der Waals surface area contributed by atoms with E-state index >= 15 is 0 Å². The number of hydrogen-bond donors (Lipinski definition) is 2. The lowest BCUT2D eigenvalue weighted by Crippen LogP contribution is -2.23. The van der Waals surface area contributed by atoms with Gasteiger partial charge in [-0.25, -0.2) is 17.5 Å². The standard InChI is InChI=1S/C14H15FN2O3S/c1-20-14-6-5-12(8-13(14)15)21(18,19)17-9-10-3-2-4-11(16)7-10/h2-8,17H,9,16H2,1H3. The van der Waals surface area contributed by atoms with Gasteiger partial charge in [0.05, 0.1) is 12.0 Å². The molecule has 7 heteroatoms. The summed E-state index contributed by atoms with van der Waals surface area (Å²) in [6, 6.07) is 10.3. The van der Waals surface area contributed by atoms with Crippen molar-refractivity contribution in [2.75, 3.05) is 12.8 Å². The van der Waals surface area contributed by atoms with Gasteiger partial charge in [-0.3, -0.25) is 0 Å². The van der Waals surface area contributed by atoms with Crippen molar-refractivity contribution in [1.82, 2.24) is 4.72 Å². The fourth-order valence-electron chi connectivity index (χ4n) is 1.78. The summed E-state index contributed by atoms with van der Waals surface area (Å²) in [4.78, 5) is -0.162. The Kier molecular flexibility index (Phi) is 4.44. The van der Waals surface area contributed by atoms with Crippen LogP contribution >= 0.6 is 0 Å². The predicted octanol–water partition coefficient (Wildman–Crippen LogP) is 1.90. The van der Waals surface area contributed by atoms with E-state index in [9.17, 15) is 12.8 Å². The molecular formula is C14H15FN2O3S. The molecular weight excluding hydrogens is 295 g/mol. The SMILES string of the molecule is COc1ccc(S(=O)(=O)NCc2cccc(N)c2)cc1F. The van der Waals surface area contributed by atoms with Crippen LogP contribution in [0.2, 0.25) is 0 Å². The largest absolute Gasteiger partial charge is 0.494 e. The summed E-state index contributed by atoms with van der Waals surface area (Å²) >= 11 is 0. The zero-order chi connectivity index (χ0) is 15.5. The maximum atomic E-state index is 13.6. The second-order valence-corrected chi connectivity index (χ2v) is 6.13. The van der Waals surface area contributed by atoms with Gasteiger partial charge in [-0.15, -0.1) is 0 Å². The minimum atomic E-state index is -3.81. The van der Waals surface area contributed by atoms with E-state index in [4.69, 9.17) is 10.5 Å². The van der Waals surface area contributed by atoms with Gasteiger partial charge in [0.1, 0.15) is 0 Å². The molecule has 0 aliphatic rings. The van der Waals surface area contributed by atoms with Crippen LogP contribution in [0, 0.1) is 5.82 Å². The second-order valence-electron chi connectivity index (χ2n) is 4.37. The van der Waals surface area contributed by atoms with Crippen LogP contribution in [0.4, 0.5) is 10.1 Å². The van der Waals surface area contributed by atoms with Gasteiger partial charge in [0.15, 0.2) is 11.6 Å². The summed E-state index contributed by atoms with van der Waals surface area (Å²) in [6.07, 6.45) is 0. The summed E-state index contributed by atoms with van der Waals surface area (Å²) in [5, 5.41) is 0. The summed E-state index contributed by atoms with van der Waals surface area (Å²) in [5.41, 5.74) is 6.88. The molecule has 5 nitrogen and oxygen atoms in total. The molecule has 112 valence electrons. The summed E-state index contributed by atoms with van der Waals surface area (Å²) in [7, 11) is -2.50. The van der Waals surface area contributed by atoms with E-state index in [0.717, 1.165) is 6.07 Å². The van der Waals surface area contributed by atoms with Crippen molar-refractivity contribution in [2.45, 2.75) is 11.4 Å². The average molecular weight is 310 g/mol. The number of ether oxygens (including phenoxy) is 1. The van der Waals surface area contributed by atoms with Crippen molar-refractivity contribution in [1.29, 1.82) is 0 Å². The highest BCUT2D eigenvalue weighted by Crippen LogP contribution is 2.20. The lowest BCUT2D eigenvalue weighted by atomic mass is 10.2. The van der Waals surface area contributed by atoms with E-state index < -0.39 is 15.8 Å². The van der Waals surface area contributed by atoms with E-state index in [0.29, 0.717) is 11.3 Å². The lowest BCUT2D eigenvalue weighted by Gasteiger charge is -2.09. The van der Waals surface area contributed by atoms with E-state index in [1.54, 1.807) is 24.3 Å². The molecule has 0 bridgehead atoms. The van der Waals surface area contributed by atoms with Crippen LogP contribution in [0.3, 0.4) is 0 Å². The smallest absolute Gasteiger partial charge is 0.240 e. The Morgan fingerprint density at radius 2 is 2.00 bits per heavy atom. The molecule has 0 amide bonds. The van der Waals surface area contributed by atoms with Crippen molar-refractivity contribution in [3.05, 3.63) is 53.8 Å². The number of sulfonamides is 1. The van der Waals surface area contributed by atoms with Gasteiger partial charge in [0.2, 0.25) is 10.0 Å².